The summed E-state index contributed by atoms with van der Waals surface area (Å²) in [4.78, 5) is 13.3. The van der Waals surface area contributed by atoms with Crippen LogP contribution in [0, 0.1) is 0 Å². The normalized spacial score (nSPS) is 16.8. The molecular formula is C17H18N6. The number of benzene rings is 1. The van der Waals surface area contributed by atoms with E-state index in [4.69, 9.17) is 0 Å². The smallest absolute Gasteiger partial charge is 0.138 e. The number of fused-ring (bicyclic) bond motifs is 1. The molecule has 1 aromatic carbocycles. The van der Waals surface area contributed by atoms with Crippen LogP contribution >= 0.6 is 0 Å². The third-order valence-electron chi connectivity index (χ3n) is 4.07. The molecule has 2 aromatic heterocycles. The summed E-state index contributed by atoms with van der Waals surface area (Å²) < 4.78 is 1.97. The molecule has 0 saturated heterocycles. The second-order valence-corrected chi connectivity index (χ2v) is 5.76. The topological polar surface area (TPSA) is 68.5 Å². The predicted molar refractivity (Wildman–Crippen MR) is 87.0 cm³/mol. The molecule has 0 bridgehead atoms. The number of rotatable bonds is 4. The Bertz CT molecular complexity index is 783. The maximum Gasteiger partial charge on any atom is 0.138 e. The number of nitrogens with one attached hydrogen (secondary N) is 1. The van der Waals surface area contributed by atoms with Gasteiger partial charge >= 0.3 is 0 Å². The summed E-state index contributed by atoms with van der Waals surface area (Å²) >= 11 is 0. The van der Waals surface area contributed by atoms with E-state index in [9.17, 15) is 0 Å². The third-order valence-corrected chi connectivity index (χ3v) is 4.07. The first-order valence-electron chi connectivity index (χ1n) is 7.86. The Labute approximate surface area is 134 Å². The van der Waals surface area contributed by atoms with Crippen molar-refractivity contribution in [3.8, 4) is 0 Å². The van der Waals surface area contributed by atoms with Crippen molar-refractivity contribution >= 4 is 5.82 Å². The number of hydrogen-bond acceptors (Lipinski definition) is 5. The molecule has 1 unspecified atom stereocenters. The minimum Gasteiger partial charge on any atom is -0.365 e. The van der Waals surface area contributed by atoms with Gasteiger partial charge in [-0.15, -0.1) is 0 Å². The van der Waals surface area contributed by atoms with Crippen molar-refractivity contribution in [3.05, 3.63) is 66.1 Å². The molecule has 1 N–H and O–H groups in total. The van der Waals surface area contributed by atoms with Crippen molar-refractivity contribution in [3.63, 3.8) is 0 Å². The third kappa shape index (κ3) is 3.21. The van der Waals surface area contributed by atoms with Crippen LogP contribution in [0.1, 0.15) is 23.6 Å². The van der Waals surface area contributed by atoms with Gasteiger partial charge in [0, 0.05) is 25.1 Å². The predicted octanol–water partition coefficient (Wildman–Crippen LogP) is 2.09. The molecule has 1 aliphatic rings. The number of aryl methyl sites for hydroxylation is 1. The van der Waals surface area contributed by atoms with Gasteiger partial charge in [0.2, 0.25) is 0 Å². The van der Waals surface area contributed by atoms with Crippen LogP contribution < -0.4 is 5.32 Å². The van der Waals surface area contributed by atoms with E-state index in [2.05, 4.69) is 37.5 Å². The molecule has 0 amide bonds. The van der Waals surface area contributed by atoms with Gasteiger partial charge in [0.15, 0.2) is 0 Å². The van der Waals surface area contributed by atoms with Gasteiger partial charge in [0.25, 0.3) is 0 Å². The van der Waals surface area contributed by atoms with Crippen LogP contribution in [-0.4, -0.2) is 30.8 Å². The molecule has 6 nitrogen and oxygen atoms in total. The van der Waals surface area contributed by atoms with Crippen molar-refractivity contribution in [1.82, 2.24) is 24.7 Å². The highest BCUT2D eigenvalue weighted by atomic mass is 15.3. The largest absolute Gasteiger partial charge is 0.365 e. The molecule has 0 fully saturated rings. The highest BCUT2D eigenvalue weighted by Crippen LogP contribution is 2.16. The van der Waals surface area contributed by atoms with Crippen molar-refractivity contribution in [2.75, 3.05) is 5.32 Å². The standard InChI is InChI=1S/C17H18N6/c1-2-4-13(5-3-1)10-16-18-9-8-15(22-16)21-14-6-7-17-19-12-20-23(17)11-14/h1-5,8-9,12,14H,6-7,10-11H2,(H,18,21,22). The maximum atomic E-state index is 4.64. The molecule has 1 aliphatic heterocycles. The number of aromatic nitrogens is 5. The fourth-order valence-corrected chi connectivity index (χ4v) is 2.91. The average molecular weight is 306 g/mol. The van der Waals surface area contributed by atoms with Gasteiger partial charge in [-0.2, -0.15) is 5.10 Å². The van der Waals surface area contributed by atoms with Crippen LogP contribution in [0.15, 0.2) is 48.9 Å². The first-order valence-corrected chi connectivity index (χ1v) is 7.86. The second-order valence-electron chi connectivity index (χ2n) is 5.76. The van der Waals surface area contributed by atoms with Crippen LogP contribution in [0.5, 0.6) is 0 Å². The summed E-state index contributed by atoms with van der Waals surface area (Å²) in [5, 5.41) is 7.75. The number of anilines is 1. The zero-order valence-electron chi connectivity index (χ0n) is 12.8. The molecule has 0 spiro atoms. The highest BCUT2D eigenvalue weighted by Gasteiger charge is 2.19. The fraction of sp³-hybridized carbons (Fsp3) is 0.294. The van der Waals surface area contributed by atoms with Crippen LogP contribution in [0.2, 0.25) is 0 Å². The van der Waals surface area contributed by atoms with Gasteiger partial charge in [0.1, 0.15) is 23.8 Å². The molecule has 4 rings (SSSR count). The summed E-state index contributed by atoms with van der Waals surface area (Å²) in [6, 6.07) is 12.5. The number of nitrogens with zero attached hydrogens (tertiary/aromatic N) is 5. The average Bonchev–Trinajstić information content (AvgIpc) is 3.04. The zero-order valence-corrected chi connectivity index (χ0v) is 12.8. The summed E-state index contributed by atoms with van der Waals surface area (Å²) in [6.45, 7) is 0.827. The van der Waals surface area contributed by atoms with Crippen molar-refractivity contribution < 1.29 is 0 Å². The fourth-order valence-electron chi connectivity index (χ4n) is 2.91. The summed E-state index contributed by atoms with van der Waals surface area (Å²) in [5.74, 6) is 2.77. The molecule has 0 saturated carbocycles. The van der Waals surface area contributed by atoms with Crippen molar-refractivity contribution in [1.29, 1.82) is 0 Å². The molecule has 3 heterocycles. The Morgan fingerprint density at radius 1 is 1.13 bits per heavy atom. The SMILES string of the molecule is c1ccc(Cc2nccc(NC3CCc4ncnn4C3)n2)cc1. The van der Waals surface area contributed by atoms with E-state index in [1.165, 1.54) is 5.56 Å². The van der Waals surface area contributed by atoms with E-state index < -0.39 is 0 Å². The van der Waals surface area contributed by atoms with Crippen molar-refractivity contribution in [2.24, 2.45) is 0 Å². The first kappa shape index (κ1) is 13.9. The Morgan fingerprint density at radius 3 is 2.96 bits per heavy atom. The van der Waals surface area contributed by atoms with Crippen LogP contribution in [-0.2, 0) is 19.4 Å². The lowest BCUT2D eigenvalue weighted by atomic mass is 10.1. The zero-order chi connectivity index (χ0) is 15.5. The van der Waals surface area contributed by atoms with E-state index >= 15 is 0 Å². The van der Waals surface area contributed by atoms with E-state index in [1.807, 2.05) is 35.1 Å². The van der Waals surface area contributed by atoms with Crippen LogP contribution in [0.25, 0.3) is 0 Å². The Morgan fingerprint density at radius 2 is 2.04 bits per heavy atom. The van der Waals surface area contributed by atoms with Crippen LogP contribution in [0.4, 0.5) is 5.82 Å². The van der Waals surface area contributed by atoms with E-state index in [1.54, 1.807) is 6.33 Å². The summed E-state index contributed by atoms with van der Waals surface area (Å²) in [6.07, 6.45) is 6.17. The van der Waals surface area contributed by atoms with Gasteiger partial charge in [-0.1, -0.05) is 30.3 Å². The van der Waals surface area contributed by atoms with Gasteiger partial charge < -0.3 is 5.32 Å². The quantitative estimate of drug-likeness (QED) is 0.799. The van der Waals surface area contributed by atoms with Gasteiger partial charge in [-0.05, 0) is 18.1 Å². The summed E-state index contributed by atoms with van der Waals surface area (Å²) in [7, 11) is 0. The lowest BCUT2D eigenvalue weighted by molar-refractivity contribution is 0.440. The maximum absolute atomic E-state index is 4.64. The minimum atomic E-state index is 0.323. The van der Waals surface area contributed by atoms with Crippen molar-refractivity contribution in [2.45, 2.75) is 31.8 Å². The lowest BCUT2D eigenvalue weighted by Crippen LogP contribution is -2.32. The highest BCUT2D eigenvalue weighted by molar-refractivity contribution is 5.35. The molecule has 23 heavy (non-hydrogen) atoms. The Hall–Kier alpha value is -2.76. The van der Waals surface area contributed by atoms with Gasteiger partial charge in [-0.3, -0.25) is 0 Å². The second kappa shape index (κ2) is 6.16. The minimum absolute atomic E-state index is 0.323. The van der Waals surface area contributed by atoms with Gasteiger partial charge in [-0.25, -0.2) is 19.6 Å². The van der Waals surface area contributed by atoms with E-state index in [0.29, 0.717) is 6.04 Å². The summed E-state index contributed by atoms with van der Waals surface area (Å²) in [5.41, 5.74) is 1.22. The molecule has 3 aromatic rings. The van der Waals surface area contributed by atoms with Crippen LogP contribution in [0.3, 0.4) is 0 Å². The van der Waals surface area contributed by atoms with Gasteiger partial charge in [0.05, 0.1) is 6.54 Å². The molecule has 6 heteroatoms. The molecule has 0 radical (unpaired) electrons. The molecule has 116 valence electrons. The Kier molecular flexibility index (Phi) is 3.71. The van der Waals surface area contributed by atoms with E-state index in [-0.39, 0.29) is 0 Å². The first-order chi connectivity index (χ1) is 11.4. The lowest BCUT2D eigenvalue weighted by Gasteiger charge is -2.24. The van der Waals surface area contributed by atoms with E-state index in [0.717, 1.165) is 43.3 Å². The number of hydrogen-bond donors (Lipinski definition) is 1. The molecular weight excluding hydrogens is 288 g/mol. The molecule has 1 atom stereocenters. The molecule has 0 aliphatic carbocycles. The Balaban J connectivity index is 1.45. The monoisotopic (exact) mass is 306 g/mol.